The number of nitrogens with two attached hydrogens (primary N) is 1. The Morgan fingerprint density at radius 2 is 2.31 bits per heavy atom. The van der Waals surface area contributed by atoms with Crippen LogP contribution in [0.1, 0.15) is 0 Å². The van der Waals surface area contributed by atoms with Gasteiger partial charge in [0.2, 0.25) is 0 Å². The van der Waals surface area contributed by atoms with E-state index in [1.807, 2.05) is 0 Å². The van der Waals surface area contributed by atoms with Gasteiger partial charge in [0, 0.05) is 0 Å². The highest BCUT2D eigenvalue weighted by molar-refractivity contribution is 6.31. The van der Waals surface area contributed by atoms with E-state index in [1.165, 1.54) is 17.1 Å². The lowest BCUT2D eigenvalue weighted by atomic mass is 10.6. The molecule has 0 saturated heterocycles. The minimum Gasteiger partial charge on any atom is -0.382 e. The predicted molar refractivity (Wildman–Crippen MR) is 46.4 cm³/mol. The third-order valence-corrected chi connectivity index (χ3v) is 1.62. The van der Waals surface area contributed by atoms with Crippen LogP contribution in [-0.2, 0) is 0 Å². The molecular weight excluding hydrogens is 192 g/mol. The molecule has 0 saturated carbocycles. The first kappa shape index (κ1) is 7.93. The molecule has 0 radical (unpaired) electrons. The number of nitrogen functional groups attached to an aromatic ring is 1. The molecule has 0 aromatic carbocycles. The third-order valence-electron chi connectivity index (χ3n) is 1.37. The molecular formula is C6H5ClN6. The van der Waals surface area contributed by atoms with E-state index >= 15 is 0 Å². The molecule has 0 fully saturated rings. The van der Waals surface area contributed by atoms with Crippen molar-refractivity contribution in [3.8, 4) is 5.82 Å². The Labute approximate surface area is 78.4 Å². The Balaban J connectivity index is 2.53. The third kappa shape index (κ3) is 1.43. The van der Waals surface area contributed by atoms with Gasteiger partial charge in [0.05, 0.1) is 18.6 Å². The van der Waals surface area contributed by atoms with E-state index in [2.05, 4.69) is 20.3 Å². The molecule has 2 aromatic rings. The van der Waals surface area contributed by atoms with Crippen molar-refractivity contribution in [1.29, 1.82) is 0 Å². The van der Waals surface area contributed by atoms with Crippen LogP contribution in [0.2, 0.25) is 5.15 Å². The summed E-state index contributed by atoms with van der Waals surface area (Å²) in [4.78, 5) is 7.78. The average Bonchev–Trinajstić information content (AvgIpc) is 2.56. The maximum atomic E-state index is 5.78. The van der Waals surface area contributed by atoms with Crippen molar-refractivity contribution in [3.05, 3.63) is 23.7 Å². The number of hydrogen-bond donors (Lipinski definition) is 1. The molecule has 0 aliphatic rings. The smallest absolute Gasteiger partial charge is 0.193 e. The van der Waals surface area contributed by atoms with E-state index in [0.717, 1.165) is 0 Å². The zero-order valence-corrected chi connectivity index (χ0v) is 7.18. The van der Waals surface area contributed by atoms with Crippen molar-refractivity contribution in [1.82, 2.24) is 25.0 Å². The number of hydrogen-bond acceptors (Lipinski definition) is 5. The van der Waals surface area contributed by atoms with Crippen molar-refractivity contribution in [2.45, 2.75) is 0 Å². The largest absolute Gasteiger partial charge is 0.382 e. The maximum Gasteiger partial charge on any atom is 0.193 e. The van der Waals surface area contributed by atoms with E-state index in [9.17, 15) is 0 Å². The topological polar surface area (TPSA) is 82.5 Å². The van der Waals surface area contributed by atoms with E-state index in [1.54, 1.807) is 6.20 Å². The van der Waals surface area contributed by atoms with Crippen molar-refractivity contribution in [2.75, 3.05) is 5.73 Å². The van der Waals surface area contributed by atoms with Crippen LogP contribution in [0.25, 0.3) is 5.82 Å². The summed E-state index contributed by atoms with van der Waals surface area (Å²) in [7, 11) is 0. The van der Waals surface area contributed by atoms with Crippen LogP contribution in [0.4, 0.5) is 5.82 Å². The Morgan fingerprint density at radius 3 is 2.92 bits per heavy atom. The zero-order valence-electron chi connectivity index (χ0n) is 6.42. The summed E-state index contributed by atoms with van der Waals surface area (Å²) in [5.41, 5.74) is 5.38. The number of anilines is 1. The van der Waals surface area contributed by atoms with Gasteiger partial charge >= 0.3 is 0 Å². The van der Waals surface area contributed by atoms with Gasteiger partial charge in [0.25, 0.3) is 0 Å². The van der Waals surface area contributed by atoms with Gasteiger partial charge in [-0.25, -0.2) is 9.97 Å². The standard InChI is InChI=1S/C6H5ClN6/c7-5-6(9-3-4(8)11-5)13-2-1-10-12-13/h1-3H,(H2,8,11). The lowest BCUT2D eigenvalue weighted by Gasteiger charge is -2.00. The Morgan fingerprint density at radius 1 is 1.46 bits per heavy atom. The van der Waals surface area contributed by atoms with Crippen molar-refractivity contribution in [3.63, 3.8) is 0 Å². The van der Waals surface area contributed by atoms with Crippen LogP contribution in [-0.4, -0.2) is 25.0 Å². The summed E-state index contributed by atoms with van der Waals surface area (Å²) in [6, 6.07) is 0. The van der Waals surface area contributed by atoms with Crippen LogP contribution >= 0.6 is 11.6 Å². The van der Waals surface area contributed by atoms with Gasteiger partial charge in [-0.05, 0) is 0 Å². The summed E-state index contributed by atoms with van der Waals surface area (Å²) in [5.74, 6) is 0.683. The predicted octanol–water partition coefficient (Wildman–Crippen LogP) is 0.293. The molecule has 0 unspecified atom stereocenters. The molecule has 0 amide bonds. The van der Waals surface area contributed by atoms with Crippen molar-refractivity contribution in [2.24, 2.45) is 0 Å². The Bertz CT molecular complexity index is 411. The van der Waals surface area contributed by atoms with Gasteiger partial charge in [-0.2, -0.15) is 4.68 Å². The molecule has 6 nitrogen and oxygen atoms in total. The summed E-state index contributed by atoms with van der Waals surface area (Å²) >= 11 is 5.78. The number of aromatic nitrogens is 5. The number of nitrogens with zero attached hydrogens (tertiary/aromatic N) is 5. The van der Waals surface area contributed by atoms with E-state index in [-0.39, 0.29) is 11.0 Å². The lowest BCUT2D eigenvalue weighted by molar-refractivity contribution is 0.777. The highest BCUT2D eigenvalue weighted by Gasteiger charge is 2.06. The SMILES string of the molecule is Nc1cnc(-n2ccnn2)c(Cl)n1. The molecule has 0 aliphatic heterocycles. The molecule has 2 N–H and O–H groups in total. The first-order chi connectivity index (χ1) is 6.27. The fourth-order valence-electron chi connectivity index (χ4n) is 0.848. The van der Waals surface area contributed by atoms with Crippen LogP contribution in [0.3, 0.4) is 0 Å². The van der Waals surface area contributed by atoms with E-state index in [4.69, 9.17) is 17.3 Å². The van der Waals surface area contributed by atoms with Crippen LogP contribution in [0.5, 0.6) is 0 Å². The first-order valence-electron chi connectivity index (χ1n) is 3.42. The Hall–Kier alpha value is -1.69. The quantitative estimate of drug-likeness (QED) is 0.709. The molecule has 0 aliphatic carbocycles. The molecule has 2 heterocycles. The molecule has 0 spiro atoms. The maximum absolute atomic E-state index is 5.78. The fourth-order valence-corrected chi connectivity index (χ4v) is 1.08. The normalized spacial score (nSPS) is 10.2. The molecule has 2 rings (SSSR count). The summed E-state index contributed by atoms with van der Waals surface area (Å²) < 4.78 is 1.41. The van der Waals surface area contributed by atoms with Crippen molar-refractivity contribution < 1.29 is 0 Å². The number of rotatable bonds is 1. The van der Waals surface area contributed by atoms with Crippen molar-refractivity contribution >= 4 is 17.4 Å². The molecule has 2 aromatic heterocycles. The molecule has 7 heteroatoms. The summed E-state index contributed by atoms with van der Waals surface area (Å²) in [6.07, 6.45) is 4.54. The molecule has 0 bridgehead atoms. The van der Waals surface area contributed by atoms with Gasteiger partial charge < -0.3 is 5.73 Å². The molecule has 66 valence electrons. The first-order valence-corrected chi connectivity index (χ1v) is 3.80. The second-order valence-electron chi connectivity index (χ2n) is 2.26. The van der Waals surface area contributed by atoms with Crippen LogP contribution in [0.15, 0.2) is 18.6 Å². The Kier molecular flexibility index (Phi) is 1.82. The highest BCUT2D eigenvalue weighted by atomic mass is 35.5. The second-order valence-corrected chi connectivity index (χ2v) is 2.61. The van der Waals surface area contributed by atoms with Crippen LogP contribution in [0, 0.1) is 0 Å². The fraction of sp³-hybridized carbons (Fsp3) is 0. The highest BCUT2D eigenvalue weighted by Crippen LogP contribution is 2.14. The van der Waals surface area contributed by atoms with Gasteiger partial charge in [-0.3, -0.25) is 0 Å². The summed E-state index contributed by atoms with van der Waals surface area (Å²) in [5, 5.41) is 7.53. The van der Waals surface area contributed by atoms with Gasteiger partial charge in [-0.15, -0.1) is 5.10 Å². The minimum absolute atomic E-state index is 0.200. The lowest BCUT2D eigenvalue weighted by Crippen LogP contribution is -2.02. The minimum atomic E-state index is 0.200. The van der Waals surface area contributed by atoms with Gasteiger partial charge in [0.1, 0.15) is 5.82 Å². The summed E-state index contributed by atoms with van der Waals surface area (Å²) in [6.45, 7) is 0. The molecule has 13 heavy (non-hydrogen) atoms. The average molecular weight is 197 g/mol. The van der Waals surface area contributed by atoms with Gasteiger partial charge in [-0.1, -0.05) is 16.8 Å². The van der Waals surface area contributed by atoms with E-state index in [0.29, 0.717) is 5.82 Å². The zero-order chi connectivity index (χ0) is 9.26. The van der Waals surface area contributed by atoms with Gasteiger partial charge in [0.15, 0.2) is 11.0 Å². The van der Waals surface area contributed by atoms with E-state index < -0.39 is 0 Å². The monoisotopic (exact) mass is 196 g/mol. The number of halogens is 1. The van der Waals surface area contributed by atoms with Crippen LogP contribution < -0.4 is 5.73 Å². The second kappa shape index (κ2) is 2.98. The molecule has 0 atom stereocenters.